The minimum atomic E-state index is -3.77. The van der Waals surface area contributed by atoms with Crippen LogP contribution in [0.4, 0.5) is 0 Å². The molecule has 0 amide bonds. The summed E-state index contributed by atoms with van der Waals surface area (Å²) in [5.74, 6) is 2.59. The third-order valence-corrected chi connectivity index (χ3v) is 13.9. The number of aryl methyl sites for hydroxylation is 2. The lowest BCUT2D eigenvalue weighted by atomic mass is 9.93. The third kappa shape index (κ3) is 13.1. The van der Waals surface area contributed by atoms with Gasteiger partial charge in [-0.2, -0.15) is 0 Å². The molecule has 0 aliphatic carbocycles. The van der Waals surface area contributed by atoms with Crippen molar-refractivity contribution >= 4 is 25.8 Å². The molecule has 0 aliphatic heterocycles. The van der Waals surface area contributed by atoms with E-state index in [9.17, 15) is 9.13 Å². The summed E-state index contributed by atoms with van der Waals surface area (Å²) >= 11 is 0. The summed E-state index contributed by atoms with van der Waals surface area (Å²) in [6.07, 6.45) is 1.74. The van der Waals surface area contributed by atoms with Crippen LogP contribution < -0.4 is 29.6 Å². The molecule has 0 heterocycles. The Morgan fingerprint density at radius 2 is 0.710 bits per heavy atom. The first-order valence-electron chi connectivity index (χ1n) is 20.4. The summed E-state index contributed by atoms with van der Waals surface area (Å²) in [4.78, 5) is 0. The second-order valence-electron chi connectivity index (χ2n) is 14.1. The molecule has 14 nitrogen and oxygen atoms in total. The summed E-state index contributed by atoms with van der Waals surface area (Å²) < 4.78 is 97.0. The summed E-state index contributed by atoms with van der Waals surface area (Å²) in [6, 6.07) is 19.2. The van der Waals surface area contributed by atoms with Crippen LogP contribution in [0.15, 0.2) is 60.7 Å². The van der Waals surface area contributed by atoms with E-state index >= 15 is 0 Å². The zero-order valence-corrected chi connectivity index (χ0v) is 39.7. The Morgan fingerprint density at radius 3 is 1.06 bits per heavy atom. The monoisotopic (exact) mass is 902 g/mol. The molecule has 0 saturated heterocycles. The maximum atomic E-state index is 14.2. The van der Waals surface area contributed by atoms with Crippen LogP contribution >= 0.6 is 15.2 Å². The Balaban J connectivity index is 1.97. The number of rotatable bonds is 29. The predicted octanol–water partition coefficient (Wildman–Crippen LogP) is 7.65. The normalized spacial score (nSPS) is 11.8. The van der Waals surface area contributed by atoms with E-state index in [1.54, 1.807) is 40.6 Å². The van der Waals surface area contributed by atoms with Gasteiger partial charge in [0.15, 0.2) is 0 Å². The Labute approximate surface area is 367 Å². The van der Waals surface area contributed by atoms with Crippen molar-refractivity contribution in [2.75, 3.05) is 110 Å². The van der Waals surface area contributed by atoms with Gasteiger partial charge in [-0.1, -0.05) is 43.3 Å². The molecule has 4 aromatic carbocycles. The molecule has 342 valence electrons. The molecule has 0 aliphatic rings. The van der Waals surface area contributed by atoms with E-state index in [0.29, 0.717) is 85.9 Å². The van der Waals surface area contributed by atoms with Crippen LogP contribution in [0.5, 0.6) is 23.0 Å². The van der Waals surface area contributed by atoms with Crippen LogP contribution in [-0.4, -0.2) is 110 Å². The summed E-state index contributed by atoms with van der Waals surface area (Å²) in [7, 11) is 4.53. The van der Waals surface area contributed by atoms with Gasteiger partial charge in [-0.15, -0.1) is 0 Å². The van der Waals surface area contributed by atoms with Crippen molar-refractivity contribution in [2.45, 2.75) is 39.5 Å². The predicted molar refractivity (Wildman–Crippen MR) is 240 cm³/mol. The fourth-order valence-electron chi connectivity index (χ4n) is 7.10. The van der Waals surface area contributed by atoms with Crippen molar-refractivity contribution in [2.24, 2.45) is 0 Å². The van der Waals surface area contributed by atoms with Crippen molar-refractivity contribution in [1.82, 2.24) is 0 Å². The summed E-state index contributed by atoms with van der Waals surface area (Å²) in [5.41, 5.74) is 6.56. The Morgan fingerprint density at radius 1 is 0.403 bits per heavy atom. The van der Waals surface area contributed by atoms with Crippen LogP contribution in [0.25, 0.3) is 0 Å². The highest BCUT2D eigenvalue weighted by Gasteiger charge is 2.30. The molecule has 0 spiro atoms. The van der Waals surface area contributed by atoms with Crippen molar-refractivity contribution in [3.63, 3.8) is 0 Å². The third-order valence-electron chi connectivity index (χ3n) is 10.2. The molecule has 0 fully saturated rings. The van der Waals surface area contributed by atoms with Gasteiger partial charge < -0.3 is 56.0 Å². The lowest BCUT2D eigenvalue weighted by Crippen LogP contribution is -2.16. The van der Waals surface area contributed by atoms with E-state index in [1.165, 1.54) is 28.4 Å². The Hall–Kier alpha value is -3.78. The molecular weight excluding hydrogens is 838 g/mol. The molecule has 0 N–H and O–H groups in total. The minimum absolute atomic E-state index is 0.250. The van der Waals surface area contributed by atoms with Gasteiger partial charge in [0.1, 0.15) is 49.4 Å². The van der Waals surface area contributed by atoms with Gasteiger partial charge in [0, 0.05) is 76.1 Å². The molecule has 0 atom stereocenters. The molecule has 0 unspecified atom stereocenters. The molecule has 16 heteroatoms. The van der Waals surface area contributed by atoms with Gasteiger partial charge in [0.05, 0.1) is 37.0 Å². The first-order chi connectivity index (χ1) is 30.0. The van der Waals surface area contributed by atoms with E-state index in [4.69, 9.17) is 56.0 Å². The Kier molecular flexibility index (Phi) is 20.9. The maximum absolute atomic E-state index is 14.2. The van der Waals surface area contributed by atoms with E-state index in [2.05, 4.69) is 6.92 Å². The Bertz CT molecular complexity index is 2110. The summed E-state index contributed by atoms with van der Waals surface area (Å²) in [5, 5.41) is 0.760. The van der Waals surface area contributed by atoms with Gasteiger partial charge in [0.2, 0.25) is 0 Å². The van der Waals surface area contributed by atoms with Crippen LogP contribution in [0, 0.1) is 6.92 Å². The van der Waals surface area contributed by atoms with E-state index in [-0.39, 0.29) is 19.6 Å². The first-order valence-corrected chi connectivity index (χ1v) is 23.5. The highest BCUT2D eigenvalue weighted by molar-refractivity contribution is 7.62. The second kappa shape index (κ2) is 25.5. The lowest BCUT2D eigenvalue weighted by molar-refractivity contribution is 0.144. The van der Waals surface area contributed by atoms with Crippen LogP contribution in [0.1, 0.15) is 51.4 Å². The smallest absolute Gasteiger partial charge is 0.360 e. The van der Waals surface area contributed by atoms with E-state index in [0.717, 1.165) is 51.1 Å². The molecule has 4 aromatic rings. The van der Waals surface area contributed by atoms with Gasteiger partial charge in [-0.25, -0.2) is 0 Å². The SMILES string of the molecule is CCc1cccc(Cc2cc(P(=O)(OC)OC)cc(Cc3cccc(Cc4cc(P(=O)(OC)OC)cc(C)c4OCCOC)c3OCCOC)c2OCCOC)c1OCCOC. The quantitative estimate of drug-likeness (QED) is 0.0389. The fourth-order valence-corrected chi connectivity index (χ4v) is 9.54. The van der Waals surface area contributed by atoms with E-state index < -0.39 is 15.2 Å². The topological polar surface area (TPSA) is 145 Å². The van der Waals surface area contributed by atoms with Crippen LogP contribution in [0.3, 0.4) is 0 Å². The molecule has 0 bridgehead atoms. The number of hydrogen-bond donors (Lipinski definition) is 0. The lowest BCUT2D eigenvalue weighted by Gasteiger charge is -2.23. The number of methoxy groups -OCH3 is 4. The zero-order chi connectivity index (χ0) is 45.1. The van der Waals surface area contributed by atoms with Crippen LogP contribution in [0.2, 0.25) is 0 Å². The van der Waals surface area contributed by atoms with Gasteiger partial charge in [-0.3, -0.25) is 9.13 Å². The standard InChI is InChI=1S/C46H64O14P2/c1-11-34-14-12-15-35(44(34)58-23-19-50-4)28-39-31-42(62(48,55-9)56-10)32-40(46(39)60-25-21-52-6)29-37-17-13-16-36(45(37)59-24-20-51-5)27-38-30-41(61(47,53-7)54-8)26-33(2)43(38)57-22-18-49-3/h12-17,26,30-32H,11,18-25,27-29H2,1-10H3. The minimum Gasteiger partial charge on any atom is -0.491 e. The van der Waals surface area contributed by atoms with Gasteiger partial charge in [0.25, 0.3) is 0 Å². The molecule has 0 radical (unpaired) electrons. The average Bonchev–Trinajstić information content (AvgIpc) is 3.28. The molecular formula is C46H64O14P2. The van der Waals surface area contributed by atoms with Gasteiger partial charge >= 0.3 is 15.2 Å². The maximum Gasteiger partial charge on any atom is 0.360 e. The number of hydrogen-bond acceptors (Lipinski definition) is 14. The van der Waals surface area contributed by atoms with Crippen molar-refractivity contribution in [3.8, 4) is 23.0 Å². The first kappa shape index (κ1) is 50.9. The van der Waals surface area contributed by atoms with Gasteiger partial charge in [-0.05, 0) is 82.1 Å². The molecule has 0 saturated carbocycles. The average molecular weight is 903 g/mol. The fraction of sp³-hybridized carbons (Fsp3) is 0.478. The van der Waals surface area contributed by atoms with Crippen LogP contribution in [-0.2, 0) is 71.9 Å². The van der Waals surface area contributed by atoms with E-state index in [1.807, 2.05) is 55.5 Å². The van der Waals surface area contributed by atoms with Crippen molar-refractivity contribution in [3.05, 3.63) is 105 Å². The molecule has 4 rings (SSSR count). The molecule has 0 aromatic heterocycles. The summed E-state index contributed by atoms with van der Waals surface area (Å²) in [6.45, 7) is 6.61. The number of ether oxygens (including phenoxy) is 8. The highest BCUT2D eigenvalue weighted by atomic mass is 31.2. The van der Waals surface area contributed by atoms with Crippen molar-refractivity contribution in [1.29, 1.82) is 0 Å². The second-order valence-corrected chi connectivity index (χ2v) is 18.6. The molecule has 62 heavy (non-hydrogen) atoms. The zero-order valence-electron chi connectivity index (χ0n) is 37.9. The largest absolute Gasteiger partial charge is 0.491 e. The van der Waals surface area contributed by atoms with Crippen molar-refractivity contribution < 1.29 is 65.1 Å². The highest BCUT2D eigenvalue weighted by Crippen LogP contribution is 2.48. The number of para-hydroxylation sites is 2. The number of benzene rings is 4.